The van der Waals surface area contributed by atoms with Crippen molar-refractivity contribution < 1.29 is 9.53 Å². The van der Waals surface area contributed by atoms with Crippen LogP contribution in [0.15, 0.2) is 91.0 Å². The summed E-state index contributed by atoms with van der Waals surface area (Å²) in [7, 11) is 0. The lowest BCUT2D eigenvalue weighted by Gasteiger charge is -2.28. The molecule has 1 saturated heterocycles. The molecule has 4 nitrogen and oxygen atoms in total. The minimum Gasteiger partial charge on any atom is -0.489 e. The molecule has 3 aromatic rings. The topological polar surface area (TPSA) is 53.3 Å². The van der Waals surface area contributed by atoms with Gasteiger partial charge in [-0.2, -0.15) is 5.26 Å². The van der Waals surface area contributed by atoms with E-state index >= 15 is 0 Å². The highest BCUT2D eigenvalue weighted by atomic mass is 16.5. The smallest absolute Gasteiger partial charge is 0.222 e. The van der Waals surface area contributed by atoms with Crippen molar-refractivity contribution in [1.29, 1.82) is 5.26 Å². The highest BCUT2D eigenvalue weighted by Crippen LogP contribution is 2.36. The highest BCUT2D eigenvalue weighted by Gasteiger charge is 2.36. The minimum absolute atomic E-state index is 0.00956. The van der Waals surface area contributed by atoms with Gasteiger partial charge in [0.2, 0.25) is 5.91 Å². The molecule has 1 heterocycles. The number of nitrogens with zero attached hydrogens (tertiary/aromatic N) is 2. The van der Waals surface area contributed by atoms with E-state index in [0.29, 0.717) is 25.9 Å². The van der Waals surface area contributed by atoms with E-state index in [-0.39, 0.29) is 12.0 Å². The summed E-state index contributed by atoms with van der Waals surface area (Å²) in [6, 6.07) is 31.8. The number of nitriles is 1. The summed E-state index contributed by atoms with van der Waals surface area (Å²) >= 11 is 0. The molecule has 0 unspecified atom stereocenters. The number of para-hydroxylation sites is 1. The van der Waals surface area contributed by atoms with Gasteiger partial charge in [-0.15, -0.1) is 0 Å². The standard InChI is InChI=1S/C27H26N2O2/c28-21-27(22-10-4-1-5-11-22,23-12-6-2-7-13-23)18-16-26(30)29-19-17-25(20-29)31-24-14-8-3-9-15-24/h1-15,25H,16-20H2/t25-/m1/s1. The van der Waals surface area contributed by atoms with Gasteiger partial charge in [-0.3, -0.25) is 4.79 Å². The molecule has 0 aromatic heterocycles. The molecule has 1 aliphatic heterocycles. The van der Waals surface area contributed by atoms with Crippen LogP contribution in [0.2, 0.25) is 0 Å². The van der Waals surface area contributed by atoms with Crippen LogP contribution < -0.4 is 4.74 Å². The van der Waals surface area contributed by atoms with Gasteiger partial charge >= 0.3 is 0 Å². The molecule has 0 radical (unpaired) electrons. The predicted molar refractivity (Wildman–Crippen MR) is 121 cm³/mol. The SMILES string of the molecule is N#CC(CCC(=O)N1CC[C@@H](Oc2ccccc2)C1)(c1ccccc1)c1ccccc1. The normalized spacial score (nSPS) is 16.0. The molecular formula is C27H26N2O2. The number of amides is 1. The van der Waals surface area contributed by atoms with Crippen molar-refractivity contribution in [3.8, 4) is 11.8 Å². The number of hydrogen-bond donors (Lipinski definition) is 0. The van der Waals surface area contributed by atoms with Crippen LogP contribution in [0.3, 0.4) is 0 Å². The average Bonchev–Trinajstić information content (AvgIpc) is 3.30. The van der Waals surface area contributed by atoms with E-state index < -0.39 is 5.41 Å². The van der Waals surface area contributed by atoms with Crippen LogP contribution in [-0.2, 0) is 10.2 Å². The molecule has 31 heavy (non-hydrogen) atoms. The zero-order valence-electron chi connectivity index (χ0n) is 17.5. The van der Waals surface area contributed by atoms with E-state index in [1.807, 2.05) is 95.9 Å². The van der Waals surface area contributed by atoms with Gasteiger partial charge in [0.1, 0.15) is 17.3 Å². The molecular weight excluding hydrogens is 384 g/mol. The summed E-state index contributed by atoms with van der Waals surface area (Å²) in [6.07, 6.45) is 1.59. The summed E-state index contributed by atoms with van der Waals surface area (Å²) < 4.78 is 6.01. The zero-order chi connectivity index (χ0) is 21.5. The number of carbonyl (C=O) groups excluding carboxylic acids is 1. The average molecular weight is 411 g/mol. The Morgan fingerprint density at radius 3 is 2.03 bits per heavy atom. The molecule has 0 aliphatic carbocycles. The van der Waals surface area contributed by atoms with Gasteiger partial charge in [0.25, 0.3) is 0 Å². The van der Waals surface area contributed by atoms with Gasteiger partial charge in [-0.05, 0) is 29.7 Å². The van der Waals surface area contributed by atoms with E-state index in [2.05, 4.69) is 6.07 Å². The van der Waals surface area contributed by atoms with Crippen molar-refractivity contribution in [3.05, 3.63) is 102 Å². The van der Waals surface area contributed by atoms with Crippen molar-refractivity contribution in [3.63, 3.8) is 0 Å². The Hall–Kier alpha value is -3.58. The fraction of sp³-hybridized carbons (Fsp3) is 0.259. The lowest BCUT2D eigenvalue weighted by molar-refractivity contribution is -0.130. The summed E-state index contributed by atoms with van der Waals surface area (Å²) in [6.45, 7) is 1.27. The summed E-state index contributed by atoms with van der Waals surface area (Å²) in [5.41, 5.74) is 0.990. The Morgan fingerprint density at radius 2 is 1.48 bits per heavy atom. The maximum atomic E-state index is 13.0. The first kappa shape index (κ1) is 20.7. The van der Waals surface area contributed by atoms with E-state index in [9.17, 15) is 10.1 Å². The number of ether oxygens (including phenoxy) is 1. The fourth-order valence-electron chi connectivity index (χ4n) is 4.28. The maximum Gasteiger partial charge on any atom is 0.222 e. The molecule has 1 amide bonds. The van der Waals surface area contributed by atoms with Crippen LogP contribution in [0.25, 0.3) is 0 Å². The van der Waals surface area contributed by atoms with Crippen LogP contribution in [-0.4, -0.2) is 30.0 Å². The van der Waals surface area contributed by atoms with Crippen molar-refractivity contribution in [2.24, 2.45) is 0 Å². The number of carbonyl (C=O) groups is 1. The van der Waals surface area contributed by atoms with Gasteiger partial charge in [-0.1, -0.05) is 78.9 Å². The van der Waals surface area contributed by atoms with E-state index in [4.69, 9.17) is 4.74 Å². The monoisotopic (exact) mass is 410 g/mol. The number of rotatable bonds is 7. The third-order valence-electron chi connectivity index (χ3n) is 5.98. The van der Waals surface area contributed by atoms with Crippen LogP contribution in [0.4, 0.5) is 0 Å². The number of benzene rings is 3. The second-order valence-electron chi connectivity index (χ2n) is 7.93. The molecule has 0 saturated carbocycles. The highest BCUT2D eigenvalue weighted by molar-refractivity contribution is 5.77. The second kappa shape index (κ2) is 9.49. The van der Waals surface area contributed by atoms with Gasteiger partial charge in [0.15, 0.2) is 0 Å². The molecule has 156 valence electrons. The molecule has 3 aromatic carbocycles. The van der Waals surface area contributed by atoms with Crippen LogP contribution in [0, 0.1) is 11.3 Å². The maximum absolute atomic E-state index is 13.0. The third-order valence-corrected chi connectivity index (χ3v) is 5.98. The minimum atomic E-state index is -0.849. The quantitative estimate of drug-likeness (QED) is 0.553. The van der Waals surface area contributed by atoms with Gasteiger partial charge in [-0.25, -0.2) is 0 Å². The molecule has 4 heteroatoms. The summed E-state index contributed by atoms with van der Waals surface area (Å²) in [5, 5.41) is 10.3. The summed E-state index contributed by atoms with van der Waals surface area (Å²) in [5.74, 6) is 0.907. The Balaban J connectivity index is 1.45. The predicted octanol–water partition coefficient (Wildman–Crippen LogP) is 4.96. The Morgan fingerprint density at radius 1 is 0.935 bits per heavy atom. The molecule has 1 fully saturated rings. The zero-order valence-corrected chi connectivity index (χ0v) is 17.5. The second-order valence-corrected chi connectivity index (χ2v) is 7.93. The van der Waals surface area contributed by atoms with Crippen LogP contribution in [0.5, 0.6) is 5.75 Å². The first-order valence-corrected chi connectivity index (χ1v) is 10.7. The lowest BCUT2D eigenvalue weighted by Crippen LogP contribution is -2.33. The van der Waals surface area contributed by atoms with Crippen molar-refractivity contribution in [1.82, 2.24) is 4.90 Å². The van der Waals surface area contributed by atoms with Gasteiger partial charge in [0, 0.05) is 19.4 Å². The van der Waals surface area contributed by atoms with Gasteiger partial charge < -0.3 is 9.64 Å². The van der Waals surface area contributed by atoms with Crippen LogP contribution >= 0.6 is 0 Å². The molecule has 0 bridgehead atoms. The fourth-order valence-corrected chi connectivity index (χ4v) is 4.28. The van der Waals surface area contributed by atoms with Crippen molar-refractivity contribution in [2.75, 3.05) is 13.1 Å². The Bertz CT molecular complexity index is 990. The van der Waals surface area contributed by atoms with Crippen molar-refractivity contribution >= 4 is 5.91 Å². The number of hydrogen-bond acceptors (Lipinski definition) is 3. The van der Waals surface area contributed by atoms with Crippen LogP contribution in [0.1, 0.15) is 30.4 Å². The molecule has 1 aliphatic rings. The Labute approximate surface area is 183 Å². The van der Waals surface area contributed by atoms with E-state index in [1.165, 1.54) is 0 Å². The van der Waals surface area contributed by atoms with Crippen molar-refractivity contribution in [2.45, 2.75) is 30.8 Å². The molecule has 0 spiro atoms. The third kappa shape index (κ3) is 4.62. The largest absolute Gasteiger partial charge is 0.489 e. The molecule has 0 N–H and O–H groups in total. The Kier molecular flexibility index (Phi) is 6.33. The first-order valence-electron chi connectivity index (χ1n) is 10.7. The molecule has 4 rings (SSSR count). The number of likely N-dealkylation sites (tertiary alicyclic amines) is 1. The van der Waals surface area contributed by atoms with E-state index in [0.717, 1.165) is 23.3 Å². The first-order chi connectivity index (χ1) is 15.2. The summed E-state index contributed by atoms with van der Waals surface area (Å²) in [4.78, 5) is 14.9. The van der Waals surface area contributed by atoms with Gasteiger partial charge in [0.05, 0.1) is 12.6 Å². The van der Waals surface area contributed by atoms with E-state index in [1.54, 1.807) is 0 Å². The molecule has 1 atom stereocenters. The lowest BCUT2D eigenvalue weighted by atomic mass is 9.72.